The van der Waals surface area contributed by atoms with Gasteiger partial charge in [-0.05, 0) is 43.7 Å². The zero-order valence-corrected chi connectivity index (χ0v) is 14.7. The average Bonchev–Trinajstić information content (AvgIpc) is 2.60. The van der Waals surface area contributed by atoms with E-state index in [9.17, 15) is 9.90 Å². The summed E-state index contributed by atoms with van der Waals surface area (Å²) in [4.78, 5) is 19.7. The molecule has 1 amide bonds. The fourth-order valence-corrected chi connectivity index (χ4v) is 3.42. The second-order valence-electron chi connectivity index (χ2n) is 7.14. The number of hydrogen-bond donors (Lipinski definition) is 1. The molecule has 1 unspecified atom stereocenters. The number of para-hydroxylation sites is 1. The van der Waals surface area contributed by atoms with Gasteiger partial charge in [-0.15, -0.1) is 0 Å². The number of fused-ring (bicyclic) bond motifs is 1. The number of aliphatic hydroxyl groups excluding tert-OH is 1. The Hall–Kier alpha value is -1.94. The van der Waals surface area contributed by atoms with Crippen molar-refractivity contribution in [1.82, 2.24) is 9.88 Å². The molecule has 1 N–H and O–H groups in total. The fraction of sp³-hybridized carbons (Fsp3) is 0.500. The molecule has 1 aliphatic heterocycles. The van der Waals surface area contributed by atoms with Crippen LogP contribution in [0.1, 0.15) is 55.6 Å². The van der Waals surface area contributed by atoms with Crippen LogP contribution in [-0.4, -0.2) is 40.1 Å². The molecule has 24 heavy (non-hydrogen) atoms. The Labute approximate surface area is 143 Å². The van der Waals surface area contributed by atoms with Crippen LogP contribution in [-0.2, 0) is 0 Å². The number of benzene rings is 1. The minimum absolute atomic E-state index is 0.0829. The van der Waals surface area contributed by atoms with Gasteiger partial charge in [0.2, 0.25) is 0 Å². The van der Waals surface area contributed by atoms with Crippen LogP contribution in [0.3, 0.4) is 0 Å². The summed E-state index contributed by atoms with van der Waals surface area (Å²) in [6.45, 7) is 7.45. The molecule has 3 rings (SSSR count). The van der Waals surface area contributed by atoms with E-state index in [-0.39, 0.29) is 17.9 Å². The van der Waals surface area contributed by atoms with Crippen molar-refractivity contribution in [3.8, 4) is 0 Å². The fourth-order valence-electron chi connectivity index (χ4n) is 3.42. The van der Waals surface area contributed by atoms with Gasteiger partial charge < -0.3 is 10.0 Å². The lowest BCUT2D eigenvalue weighted by atomic mass is 9.91. The number of piperidine rings is 1. The summed E-state index contributed by atoms with van der Waals surface area (Å²) in [6, 6.07) is 9.81. The maximum atomic E-state index is 13.1. The first-order valence-electron chi connectivity index (χ1n) is 8.84. The molecule has 4 nitrogen and oxygen atoms in total. The second-order valence-corrected chi connectivity index (χ2v) is 7.14. The Morgan fingerprint density at radius 2 is 1.88 bits per heavy atom. The van der Waals surface area contributed by atoms with E-state index in [1.54, 1.807) is 0 Å². The Balaban J connectivity index is 1.92. The van der Waals surface area contributed by atoms with Crippen LogP contribution in [0.4, 0.5) is 0 Å². The molecule has 0 aliphatic carbocycles. The van der Waals surface area contributed by atoms with Gasteiger partial charge in [0.05, 0.1) is 17.2 Å². The maximum absolute atomic E-state index is 13.1. The monoisotopic (exact) mass is 326 g/mol. The zero-order chi connectivity index (χ0) is 17.3. The number of pyridine rings is 1. The van der Waals surface area contributed by atoms with Crippen LogP contribution in [0.25, 0.3) is 10.9 Å². The first-order chi connectivity index (χ1) is 11.5. The maximum Gasteiger partial charge on any atom is 0.254 e. The first-order valence-corrected chi connectivity index (χ1v) is 8.84. The molecule has 4 heteroatoms. The van der Waals surface area contributed by atoms with Gasteiger partial charge in [-0.2, -0.15) is 0 Å². The van der Waals surface area contributed by atoms with Crippen molar-refractivity contribution in [1.29, 1.82) is 0 Å². The quantitative estimate of drug-likeness (QED) is 0.938. The summed E-state index contributed by atoms with van der Waals surface area (Å²) < 4.78 is 0. The number of rotatable bonds is 3. The predicted octanol–water partition coefficient (Wildman–Crippen LogP) is 3.59. The third-order valence-corrected chi connectivity index (χ3v) is 5.07. The lowest BCUT2D eigenvalue weighted by molar-refractivity contribution is 0.0523. The molecule has 1 aromatic carbocycles. The van der Waals surface area contributed by atoms with Crippen LogP contribution >= 0.6 is 0 Å². The van der Waals surface area contributed by atoms with E-state index < -0.39 is 0 Å². The van der Waals surface area contributed by atoms with Crippen LogP contribution in [0, 0.1) is 5.92 Å². The molecular formula is C20H26N2O2. The average molecular weight is 326 g/mol. The molecule has 1 atom stereocenters. The summed E-state index contributed by atoms with van der Waals surface area (Å²) >= 11 is 0. The van der Waals surface area contributed by atoms with Crippen molar-refractivity contribution in [2.45, 2.75) is 45.6 Å². The van der Waals surface area contributed by atoms with Crippen LogP contribution in [0.5, 0.6) is 0 Å². The molecule has 2 heterocycles. The molecule has 0 spiro atoms. The van der Waals surface area contributed by atoms with Gasteiger partial charge in [0.15, 0.2) is 0 Å². The van der Waals surface area contributed by atoms with E-state index in [0.717, 1.165) is 35.0 Å². The van der Waals surface area contributed by atoms with Crippen molar-refractivity contribution < 1.29 is 9.90 Å². The van der Waals surface area contributed by atoms with E-state index >= 15 is 0 Å². The zero-order valence-electron chi connectivity index (χ0n) is 14.7. The van der Waals surface area contributed by atoms with Crippen LogP contribution < -0.4 is 0 Å². The lowest BCUT2D eigenvalue weighted by Crippen LogP contribution is -2.40. The van der Waals surface area contributed by atoms with E-state index in [1.165, 1.54) is 0 Å². The van der Waals surface area contributed by atoms with Crippen molar-refractivity contribution >= 4 is 16.8 Å². The molecule has 1 fully saturated rings. The second kappa shape index (κ2) is 6.89. The van der Waals surface area contributed by atoms with E-state index in [2.05, 4.69) is 13.8 Å². The first kappa shape index (κ1) is 16.9. The molecule has 0 saturated carbocycles. The molecule has 1 aliphatic rings. The smallest absolute Gasteiger partial charge is 0.254 e. The Morgan fingerprint density at radius 3 is 2.50 bits per heavy atom. The number of nitrogens with zero attached hydrogens (tertiary/aromatic N) is 2. The van der Waals surface area contributed by atoms with Gasteiger partial charge in [-0.1, -0.05) is 32.0 Å². The Kier molecular flexibility index (Phi) is 4.86. The summed E-state index contributed by atoms with van der Waals surface area (Å²) in [5, 5.41) is 10.7. The number of aromatic nitrogens is 1. The van der Waals surface area contributed by atoms with Gasteiger partial charge in [-0.25, -0.2) is 0 Å². The summed E-state index contributed by atoms with van der Waals surface area (Å²) in [6.07, 6.45) is 1.43. The molecule has 128 valence electrons. The summed E-state index contributed by atoms with van der Waals surface area (Å²) in [5.41, 5.74) is 2.58. The third-order valence-electron chi connectivity index (χ3n) is 5.07. The van der Waals surface area contributed by atoms with Gasteiger partial charge in [-0.3, -0.25) is 9.78 Å². The molecule has 1 saturated heterocycles. The highest BCUT2D eigenvalue weighted by molar-refractivity contribution is 6.06. The SMILES string of the molecule is CC(C)c1cc(C(=O)N2CCC(C(C)O)CC2)c2ccccc2n1. The van der Waals surface area contributed by atoms with E-state index in [1.807, 2.05) is 42.2 Å². The van der Waals surface area contributed by atoms with Crippen LogP contribution in [0.15, 0.2) is 30.3 Å². The van der Waals surface area contributed by atoms with Crippen LogP contribution in [0.2, 0.25) is 0 Å². The van der Waals surface area contributed by atoms with Crippen molar-refractivity contribution in [3.05, 3.63) is 41.6 Å². The Morgan fingerprint density at radius 1 is 1.21 bits per heavy atom. The number of amides is 1. The third kappa shape index (κ3) is 3.29. The van der Waals surface area contributed by atoms with Gasteiger partial charge in [0.25, 0.3) is 5.91 Å². The highest BCUT2D eigenvalue weighted by Crippen LogP contribution is 2.26. The van der Waals surface area contributed by atoms with Gasteiger partial charge >= 0.3 is 0 Å². The Bertz CT molecular complexity index is 731. The summed E-state index contributed by atoms with van der Waals surface area (Å²) in [7, 11) is 0. The van der Waals surface area contributed by atoms with Crippen molar-refractivity contribution in [2.75, 3.05) is 13.1 Å². The number of likely N-dealkylation sites (tertiary alicyclic amines) is 1. The minimum atomic E-state index is -0.295. The van der Waals surface area contributed by atoms with Crippen molar-refractivity contribution in [2.24, 2.45) is 5.92 Å². The molecule has 0 bridgehead atoms. The molecule has 0 radical (unpaired) electrons. The number of carbonyl (C=O) groups is 1. The number of hydrogen-bond acceptors (Lipinski definition) is 3. The number of carbonyl (C=O) groups excluding carboxylic acids is 1. The molecule has 1 aromatic heterocycles. The largest absolute Gasteiger partial charge is 0.393 e. The molecule has 2 aromatic rings. The minimum Gasteiger partial charge on any atom is -0.393 e. The number of aliphatic hydroxyl groups is 1. The molecular weight excluding hydrogens is 300 g/mol. The summed E-state index contributed by atoms with van der Waals surface area (Å²) in [5.74, 6) is 0.663. The van der Waals surface area contributed by atoms with E-state index in [0.29, 0.717) is 19.0 Å². The predicted molar refractivity (Wildman–Crippen MR) is 96.1 cm³/mol. The highest BCUT2D eigenvalue weighted by Gasteiger charge is 2.27. The standard InChI is InChI=1S/C20H26N2O2/c1-13(2)19-12-17(16-6-4-5-7-18(16)21-19)20(24)22-10-8-15(9-11-22)14(3)23/h4-7,12-15,23H,8-11H2,1-3H3. The normalized spacial score (nSPS) is 17.5. The highest BCUT2D eigenvalue weighted by atomic mass is 16.3. The van der Waals surface area contributed by atoms with E-state index in [4.69, 9.17) is 4.98 Å². The lowest BCUT2D eigenvalue weighted by Gasteiger charge is -2.33. The van der Waals surface area contributed by atoms with Gasteiger partial charge in [0, 0.05) is 24.2 Å². The van der Waals surface area contributed by atoms with Gasteiger partial charge in [0.1, 0.15) is 0 Å². The van der Waals surface area contributed by atoms with Crippen molar-refractivity contribution in [3.63, 3.8) is 0 Å². The topological polar surface area (TPSA) is 53.4 Å².